The Morgan fingerprint density at radius 1 is 1.15 bits per heavy atom. The molecule has 4 nitrogen and oxygen atoms in total. The van der Waals surface area contributed by atoms with Crippen molar-refractivity contribution < 1.29 is 9.53 Å². The summed E-state index contributed by atoms with van der Waals surface area (Å²) in [6.07, 6.45) is 2.49. The molecule has 1 unspecified atom stereocenters. The second-order valence-electron chi connectivity index (χ2n) is 7.58. The Kier molecular flexibility index (Phi) is 6.01. The molecule has 2 aromatic rings. The van der Waals surface area contributed by atoms with Crippen LogP contribution in [0.5, 0.6) is 0 Å². The molecule has 5 heteroatoms. The zero-order chi connectivity index (χ0) is 18.5. The third-order valence-electron chi connectivity index (χ3n) is 5.83. The van der Waals surface area contributed by atoms with Gasteiger partial charge in [0.25, 0.3) is 0 Å². The van der Waals surface area contributed by atoms with E-state index in [9.17, 15) is 4.79 Å². The molecule has 4 rings (SSSR count). The molecule has 0 aromatic heterocycles. The highest BCUT2D eigenvalue weighted by atomic mass is 32.2. The van der Waals surface area contributed by atoms with E-state index in [2.05, 4.69) is 52.7 Å². The lowest BCUT2D eigenvalue weighted by molar-refractivity contribution is -0.121. The Morgan fingerprint density at radius 2 is 1.96 bits per heavy atom. The summed E-state index contributed by atoms with van der Waals surface area (Å²) in [5.74, 6) is 2.45. The van der Waals surface area contributed by atoms with Crippen molar-refractivity contribution in [2.75, 3.05) is 44.4 Å². The number of rotatable bonds is 6. The normalized spacial score (nSPS) is 23.6. The molecule has 1 atom stereocenters. The molecule has 2 aromatic carbocycles. The van der Waals surface area contributed by atoms with E-state index >= 15 is 0 Å². The van der Waals surface area contributed by atoms with Crippen LogP contribution in [0.3, 0.4) is 0 Å². The summed E-state index contributed by atoms with van der Waals surface area (Å²) in [5, 5.41) is 5.72. The molecule has 0 bridgehead atoms. The van der Waals surface area contributed by atoms with Crippen LogP contribution in [0.2, 0.25) is 0 Å². The number of nitrogens with one attached hydrogen (secondary N) is 1. The second kappa shape index (κ2) is 8.63. The number of ether oxygens (including phenoxy) is 1. The molecule has 2 aliphatic rings. The van der Waals surface area contributed by atoms with Crippen LogP contribution in [0.4, 0.5) is 0 Å². The molecule has 0 aliphatic carbocycles. The molecule has 2 fully saturated rings. The standard InChI is InChI=1S/C22H28N2O2S/c25-21(8-6-18-5-7-19-3-1-2-4-20(19)15-18)23-16-22(9-14-27-17-22)24-10-12-26-13-11-24/h1-5,7,15H,6,8-14,16-17H2,(H,23,25). The molecule has 144 valence electrons. The zero-order valence-corrected chi connectivity index (χ0v) is 16.6. The Bertz CT molecular complexity index is 783. The quantitative estimate of drug-likeness (QED) is 0.831. The predicted molar refractivity (Wildman–Crippen MR) is 112 cm³/mol. The van der Waals surface area contributed by atoms with Crippen LogP contribution in [0.15, 0.2) is 42.5 Å². The van der Waals surface area contributed by atoms with Gasteiger partial charge in [-0.1, -0.05) is 42.5 Å². The smallest absolute Gasteiger partial charge is 0.220 e. The minimum Gasteiger partial charge on any atom is -0.379 e. The van der Waals surface area contributed by atoms with Crippen molar-refractivity contribution in [1.29, 1.82) is 0 Å². The van der Waals surface area contributed by atoms with E-state index in [-0.39, 0.29) is 11.4 Å². The highest BCUT2D eigenvalue weighted by Gasteiger charge is 2.40. The van der Waals surface area contributed by atoms with E-state index in [4.69, 9.17) is 4.74 Å². The van der Waals surface area contributed by atoms with Crippen LogP contribution >= 0.6 is 11.8 Å². The van der Waals surface area contributed by atoms with Crippen LogP contribution in [-0.4, -0.2) is 60.7 Å². The highest BCUT2D eigenvalue weighted by molar-refractivity contribution is 7.99. The molecule has 0 radical (unpaired) electrons. The fourth-order valence-electron chi connectivity index (χ4n) is 4.14. The second-order valence-corrected chi connectivity index (χ2v) is 8.69. The number of morpholine rings is 1. The zero-order valence-electron chi connectivity index (χ0n) is 15.8. The van der Waals surface area contributed by atoms with E-state index in [1.165, 1.54) is 22.1 Å². The maximum atomic E-state index is 12.5. The fourth-order valence-corrected chi connectivity index (χ4v) is 5.62. The molecular weight excluding hydrogens is 356 g/mol. The van der Waals surface area contributed by atoms with Crippen LogP contribution in [0, 0.1) is 0 Å². The molecule has 0 saturated carbocycles. The number of aryl methyl sites for hydroxylation is 1. The van der Waals surface area contributed by atoms with Gasteiger partial charge in [0, 0.05) is 37.3 Å². The summed E-state index contributed by atoms with van der Waals surface area (Å²) in [6, 6.07) is 14.8. The van der Waals surface area contributed by atoms with Crippen LogP contribution < -0.4 is 5.32 Å². The van der Waals surface area contributed by atoms with Crippen LogP contribution in [0.25, 0.3) is 10.8 Å². The van der Waals surface area contributed by atoms with Gasteiger partial charge in [0.05, 0.1) is 13.2 Å². The van der Waals surface area contributed by atoms with E-state index < -0.39 is 0 Å². The number of amides is 1. The monoisotopic (exact) mass is 384 g/mol. The number of carbonyl (C=O) groups excluding carboxylic acids is 1. The molecular formula is C22H28N2O2S. The number of nitrogens with zero attached hydrogens (tertiary/aromatic N) is 1. The summed E-state index contributed by atoms with van der Waals surface area (Å²) in [5.41, 5.74) is 1.34. The number of carbonyl (C=O) groups is 1. The lowest BCUT2D eigenvalue weighted by atomic mass is 9.95. The lowest BCUT2D eigenvalue weighted by Gasteiger charge is -2.43. The van der Waals surface area contributed by atoms with Gasteiger partial charge >= 0.3 is 0 Å². The van der Waals surface area contributed by atoms with E-state index in [0.29, 0.717) is 6.42 Å². The van der Waals surface area contributed by atoms with Gasteiger partial charge < -0.3 is 10.1 Å². The summed E-state index contributed by atoms with van der Waals surface area (Å²) in [7, 11) is 0. The first-order valence-electron chi connectivity index (χ1n) is 9.90. The van der Waals surface area contributed by atoms with Crippen molar-refractivity contribution in [3.8, 4) is 0 Å². The van der Waals surface area contributed by atoms with Gasteiger partial charge in [-0.05, 0) is 34.9 Å². The van der Waals surface area contributed by atoms with Crippen molar-refractivity contribution in [1.82, 2.24) is 10.2 Å². The van der Waals surface area contributed by atoms with Crippen molar-refractivity contribution >= 4 is 28.4 Å². The SMILES string of the molecule is O=C(CCc1ccc2ccccc2c1)NCC1(N2CCOCC2)CCSC1. The molecule has 2 saturated heterocycles. The van der Waals surface area contributed by atoms with Gasteiger partial charge in [-0.25, -0.2) is 0 Å². The van der Waals surface area contributed by atoms with Gasteiger partial charge in [0.1, 0.15) is 0 Å². The first-order chi connectivity index (χ1) is 13.3. The number of fused-ring (bicyclic) bond motifs is 1. The van der Waals surface area contributed by atoms with E-state index in [1.807, 2.05) is 11.8 Å². The Labute approximate surface area is 165 Å². The van der Waals surface area contributed by atoms with Crippen molar-refractivity contribution in [3.05, 3.63) is 48.0 Å². The Hall–Kier alpha value is -1.56. The van der Waals surface area contributed by atoms with Crippen LogP contribution in [0.1, 0.15) is 18.4 Å². The van der Waals surface area contributed by atoms with E-state index in [0.717, 1.165) is 51.4 Å². The van der Waals surface area contributed by atoms with Gasteiger partial charge in [0.15, 0.2) is 0 Å². The molecule has 1 N–H and O–H groups in total. The van der Waals surface area contributed by atoms with Gasteiger partial charge in [-0.15, -0.1) is 0 Å². The first kappa shape index (κ1) is 18.8. The topological polar surface area (TPSA) is 41.6 Å². The summed E-state index contributed by atoms with van der Waals surface area (Å²) in [6.45, 7) is 4.34. The third kappa shape index (κ3) is 4.48. The lowest BCUT2D eigenvalue weighted by Crippen LogP contribution is -2.59. The number of benzene rings is 2. The minimum absolute atomic E-state index is 0.118. The number of hydrogen-bond acceptors (Lipinski definition) is 4. The number of thioether (sulfide) groups is 1. The van der Waals surface area contributed by atoms with Crippen molar-refractivity contribution in [3.63, 3.8) is 0 Å². The van der Waals surface area contributed by atoms with Crippen molar-refractivity contribution in [2.24, 2.45) is 0 Å². The predicted octanol–water partition coefficient (Wildman–Crippen LogP) is 3.10. The maximum Gasteiger partial charge on any atom is 0.220 e. The average Bonchev–Trinajstić information content (AvgIpc) is 3.21. The minimum atomic E-state index is 0.118. The summed E-state index contributed by atoms with van der Waals surface area (Å²) in [4.78, 5) is 15.0. The van der Waals surface area contributed by atoms with Gasteiger partial charge in [-0.3, -0.25) is 9.69 Å². The molecule has 2 heterocycles. The molecule has 2 aliphatic heterocycles. The molecule has 1 amide bonds. The van der Waals surface area contributed by atoms with Gasteiger partial charge in [0.2, 0.25) is 5.91 Å². The number of hydrogen-bond donors (Lipinski definition) is 1. The Balaban J connectivity index is 1.31. The molecule has 27 heavy (non-hydrogen) atoms. The Morgan fingerprint density at radius 3 is 2.74 bits per heavy atom. The fraction of sp³-hybridized carbons (Fsp3) is 0.500. The summed E-state index contributed by atoms with van der Waals surface area (Å²) >= 11 is 2.00. The molecule has 0 spiro atoms. The third-order valence-corrected chi connectivity index (χ3v) is 7.07. The van der Waals surface area contributed by atoms with E-state index in [1.54, 1.807) is 0 Å². The van der Waals surface area contributed by atoms with Crippen molar-refractivity contribution in [2.45, 2.75) is 24.8 Å². The average molecular weight is 385 g/mol. The summed E-state index contributed by atoms with van der Waals surface area (Å²) < 4.78 is 5.51. The maximum absolute atomic E-state index is 12.5. The largest absolute Gasteiger partial charge is 0.379 e. The van der Waals surface area contributed by atoms with Crippen LogP contribution in [-0.2, 0) is 16.0 Å². The van der Waals surface area contributed by atoms with Gasteiger partial charge in [-0.2, -0.15) is 11.8 Å². The highest BCUT2D eigenvalue weighted by Crippen LogP contribution is 2.33. The first-order valence-corrected chi connectivity index (χ1v) is 11.1.